The quantitative estimate of drug-likeness (QED) is 0.433. The third kappa shape index (κ3) is 4.96. The first-order valence-corrected chi connectivity index (χ1v) is 9.88. The van der Waals surface area contributed by atoms with Gasteiger partial charge in [0.25, 0.3) is 0 Å². The Kier molecular flexibility index (Phi) is 6.26. The molecular weight excluding hydrogens is 358 g/mol. The monoisotopic (exact) mass is 383 g/mol. The van der Waals surface area contributed by atoms with Crippen LogP contribution in [0.3, 0.4) is 0 Å². The number of rotatable bonds is 7. The fraction of sp³-hybridized carbons (Fsp3) is 0.300. The van der Waals surface area contributed by atoms with E-state index in [4.69, 9.17) is 4.99 Å². The molecule has 0 saturated carbocycles. The molecule has 6 nitrogen and oxygen atoms in total. The molecule has 0 spiro atoms. The topological polar surface area (TPSA) is 74.5 Å². The lowest BCUT2D eigenvalue weighted by Crippen LogP contribution is -2.44. The molecule has 2 aromatic heterocycles. The Morgan fingerprint density at radius 2 is 2.15 bits per heavy atom. The van der Waals surface area contributed by atoms with Crippen LogP contribution >= 0.6 is 11.3 Å². The molecule has 1 atom stereocenters. The van der Waals surface area contributed by atoms with Crippen LogP contribution in [-0.2, 0) is 12.1 Å². The van der Waals surface area contributed by atoms with Gasteiger partial charge in [0, 0.05) is 18.9 Å². The van der Waals surface area contributed by atoms with Crippen molar-refractivity contribution in [2.45, 2.75) is 26.0 Å². The molecule has 3 N–H and O–H groups in total. The molecule has 3 rings (SSSR count). The summed E-state index contributed by atoms with van der Waals surface area (Å²) in [5, 5.41) is 21.1. The molecule has 0 aliphatic carbocycles. The Balaban J connectivity index is 1.72. The van der Waals surface area contributed by atoms with E-state index in [1.807, 2.05) is 52.7 Å². The third-order valence-electron chi connectivity index (χ3n) is 4.27. The molecule has 0 amide bonds. The van der Waals surface area contributed by atoms with Gasteiger partial charge in [0.15, 0.2) is 5.96 Å². The minimum Gasteiger partial charge on any atom is -0.384 e. The zero-order valence-corrected chi connectivity index (χ0v) is 16.4. The van der Waals surface area contributed by atoms with Gasteiger partial charge in [-0.05, 0) is 47.9 Å². The van der Waals surface area contributed by atoms with Crippen LogP contribution in [0.1, 0.15) is 25.0 Å². The van der Waals surface area contributed by atoms with Crippen molar-refractivity contribution < 1.29 is 5.11 Å². The molecule has 7 heteroatoms. The number of hydrogen-bond acceptors (Lipinski definition) is 4. The Bertz CT molecular complexity index is 856. The van der Waals surface area contributed by atoms with Crippen molar-refractivity contribution in [1.82, 2.24) is 20.2 Å². The van der Waals surface area contributed by atoms with Crippen LogP contribution in [0.25, 0.3) is 5.69 Å². The molecule has 2 heterocycles. The lowest BCUT2D eigenvalue weighted by Gasteiger charge is -2.24. The van der Waals surface area contributed by atoms with Crippen molar-refractivity contribution in [1.29, 1.82) is 0 Å². The maximum atomic E-state index is 10.7. The van der Waals surface area contributed by atoms with E-state index in [9.17, 15) is 5.11 Å². The number of imidazole rings is 1. The van der Waals surface area contributed by atoms with E-state index >= 15 is 0 Å². The highest BCUT2D eigenvalue weighted by molar-refractivity contribution is 7.08. The molecule has 3 aromatic rings. The van der Waals surface area contributed by atoms with E-state index in [1.165, 1.54) is 0 Å². The summed E-state index contributed by atoms with van der Waals surface area (Å²) >= 11 is 1.58. The van der Waals surface area contributed by atoms with Crippen LogP contribution in [0.15, 0.2) is 64.8 Å². The normalized spacial score (nSPS) is 14.0. The summed E-state index contributed by atoms with van der Waals surface area (Å²) < 4.78 is 1.98. The first-order valence-electron chi connectivity index (χ1n) is 8.93. The van der Waals surface area contributed by atoms with Crippen LogP contribution in [0.2, 0.25) is 0 Å². The molecule has 1 unspecified atom stereocenters. The van der Waals surface area contributed by atoms with Gasteiger partial charge >= 0.3 is 0 Å². The van der Waals surface area contributed by atoms with Gasteiger partial charge in [0.2, 0.25) is 0 Å². The molecule has 0 aliphatic heterocycles. The van der Waals surface area contributed by atoms with E-state index in [-0.39, 0.29) is 0 Å². The highest BCUT2D eigenvalue weighted by atomic mass is 32.1. The van der Waals surface area contributed by atoms with Crippen molar-refractivity contribution >= 4 is 17.3 Å². The predicted octanol–water partition coefficient (Wildman–Crippen LogP) is 2.90. The van der Waals surface area contributed by atoms with Crippen LogP contribution in [0.5, 0.6) is 0 Å². The van der Waals surface area contributed by atoms with Crippen molar-refractivity contribution in [3.63, 3.8) is 0 Å². The Morgan fingerprint density at radius 1 is 1.30 bits per heavy atom. The average Bonchev–Trinajstić information content (AvgIpc) is 3.38. The number of guanidine groups is 1. The predicted molar refractivity (Wildman–Crippen MR) is 110 cm³/mol. The molecule has 1 aromatic carbocycles. The summed E-state index contributed by atoms with van der Waals surface area (Å²) in [5.74, 6) is 0.674. The lowest BCUT2D eigenvalue weighted by molar-refractivity contribution is 0.0621. The number of thiophene rings is 1. The fourth-order valence-electron chi connectivity index (χ4n) is 2.73. The smallest absolute Gasteiger partial charge is 0.191 e. The number of benzene rings is 1. The average molecular weight is 384 g/mol. The number of aliphatic imine (C=N–C) groups is 1. The summed E-state index contributed by atoms with van der Waals surface area (Å²) in [7, 11) is 0. The molecule has 27 heavy (non-hydrogen) atoms. The third-order valence-corrected chi connectivity index (χ3v) is 4.95. The molecular formula is C20H25N5OS. The second-order valence-corrected chi connectivity index (χ2v) is 7.21. The Morgan fingerprint density at radius 3 is 2.85 bits per heavy atom. The van der Waals surface area contributed by atoms with Gasteiger partial charge in [0.1, 0.15) is 5.60 Å². The van der Waals surface area contributed by atoms with Gasteiger partial charge in [-0.2, -0.15) is 11.3 Å². The second kappa shape index (κ2) is 8.83. The highest BCUT2D eigenvalue weighted by Crippen LogP contribution is 2.22. The van der Waals surface area contributed by atoms with Gasteiger partial charge in [-0.1, -0.05) is 18.2 Å². The maximum Gasteiger partial charge on any atom is 0.191 e. The van der Waals surface area contributed by atoms with Gasteiger partial charge in [-0.3, -0.25) is 0 Å². The van der Waals surface area contributed by atoms with E-state index in [2.05, 4.69) is 21.7 Å². The maximum absolute atomic E-state index is 10.7. The Hall–Kier alpha value is -2.64. The number of nitrogens with zero attached hydrogens (tertiary/aromatic N) is 3. The van der Waals surface area contributed by atoms with E-state index in [0.29, 0.717) is 19.0 Å². The zero-order valence-electron chi connectivity index (χ0n) is 15.6. The minimum atomic E-state index is -0.953. The number of para-hydroxylation sites is 1. The number of aromatic nitrogens is 2. The number of hydrogen-bond donors (Lipinski definition) is 3. The van der Waals surface area contributed by atoms with Crippen molar-refractivity contribution in [3.05, 3.63) is 70.9 Å². The van der Waals surface area contributed by atoms with Crippen LogP contribution in [0.4, 0.5) is 0 Å². The second-order valence-electron chi connectivity index (χ2n) is 6.43. The van der Waals surface area contributed by atoms with Gasteiger partial charge in [-0.25, -0.2) is 9.98 Å². The summed E-state index contributed by atoms with van der Waals surface area (Å²) in [4.78, 5) is 8.81. The van der Waals surface area contributed by atoms with Gasteiger partial charge in [0.05, 0.1) is 25.1 Å². The van der Waals surface area contributed by atoms with Crippen LogP contribution in [-0.4, -0.2) is 33.7 Å². The largest absolute Gasteiger partial charge is 0.384 e. The highest BCUT2D eigenvalue weighted by Gasteiger charge is 2.23. The first-order chi connectivity index (χ1) is 13.1. The number of nitrogens with one attached hydrogen (secondary N) is 2. The van der Waals surface area contributed by atoms with Crippen LogP contribution in [0, 0.1) is 0 Å². The van der Waals surface area contributed by atoms with Crippen molar-refractivity contribution in [2.24, 2.45) is 4.99 Å². The fourth-order valence-corrected chi connectivity index (χ4v) is 3.52. The summed E-state index contributed by atoms with van der Waals surface area (Å²) in [6, 6.07) is 10.1. The summed E-state index contributed by atoms with van der Waals surface area (Å²) in [5.41, 5.74) is 2.10. The molecule has 0 saturated heterocycles. The number of aliphatic hydroxyl groups is 1. The SMILES string of the molecule is CCNC(=NCc1ccccc1-n1ccnc1)NCC(C)(O)c1ccsc1. The van der Waals surface area contributed by atoms with E-state index < -0.39 is 5.60 Å². The van der Waals surface area contributed by atoms with Crippen LogP contribution < -0.4 is 10.6 Å². The van der Waals surface area contributed by atoms with E-state index in [1.54, 1.807) is 30.8 Å². The zero-order chi connectivity index (χ0) is 19.1. The standard InChI is InChI=1S/C20H25N5OS/c1-3-22-19(24-14-20(2,26)17-8-11-27-13-17)23-12-16-6-4-5-7-18(16)25-10-9-21-15-25/h4-11,13,15,26H,3,12,14H2,1-2H3,(H2,22,23,24). The van der Waals surface area contributed by atoms with E-state index in [0.717, 1.165) is 23.4 Å². The Labute approximate surface area is 163 Å². The molecule has 0 aliphatic rings. The molecule has 142 valence electrons. The lowest BCUT2D eigenvalue weighted by atomic mass is 9.99. The van der Waals surface area contributed by atoms with Crippen molar-refractivity contribution in [2.75, 3.05) is 13.1 Å². The van der Waals surface area contributed by atoms with Gasteiger partial charge in [-0.15, -0.1) is 0 Å². The molecule has 0 bridgehead atoms. The summed E-state index contributed by atoms with van der Waals surface area (Å²) in [6.07, 6.45) is 5.46. The van der Waals surface area contributed by atoms with Gasteiger partial charge < -0.3 is 20.3 Å². The molecule has 0 fully saturated rings. The first kappa shape index (κ1) is 19.1. The molecule has 0 radical (unpaired) electrons. The minimum absolute atomic E-state index is 0.374. The van der Waals surface area contributed by atoms with Crippen molar-refractivity contribution in [3.8, 4) is 5.69 Å². The summed E-state index contributed by atoms with van der Waals surface area (Å²) in [6.45, 7) is 5.46.